The van der Waals surface area contributed by atoms with Gasteiger partial charge in [-0.1, -0.05) is 0 Å². The number of carbonyl (C=O) groups excluding carboxylic acids is 3. The van der Waals surface area contributed by atoms with Crippen molar-refractivity contribution in [2.75, 3.05) is 13.1 Å². The van der Waals surface area contributed by atoms with E-state index in [1.54, 1.807) is 0 Å². The Morgan fingerprint density at radius 3 is 2.46 bits per heavy atom. The number of hydrogen-bond acceptors (Lipinski definition) is 8. The fourth-order valence-corrected chi connectivity index (χ4v) is 3.91. The zero-order valence-corrected chi connectivity index (χ0v) is 20.1. The van der Waals surface area contributed by atoms with Gasteiger partial charge in [0.1, 0.15) is 18.1 Å². The number of aromatic amines is 1. The number of amides is 3. The van der Waals surface area contributed by atoms with Crippen LogP contribution in [0.4, 0.5) is 0 Å². The molecule has 0 aliphatic carbocycles. The molecule has 1 aromatic heterocycles. The molecule has 1 saturated heterocycles. The summed E-state index contributed by atoms with van der Waals surface area (Å²) in [6, 6.07) is -4.89. The van der Waals surface area contributed by atoms with Crippen LogP contribution in [0.15, 0.2) is 17.5 Å². The molecule has 2 rings (SSSR count). The fourth-order valence-electron chi connectivity index (χ4n) is 3.91. The van der Waals surface area contributed by atoms with Crippen LogP contribution in [0.25, 0.3) is 0 Å². The zero-order chi connectivity index (χ0) is 27.5. The molecule has 1 fully saturated rings. The Balaban J connectivity index is 2.15. The Labute approximate surface area is 212 Å². The second kappa shape index (κ2) is 13.8. The van der Waals surface area contributed by atoms with Crippen LogP contribution in [0.1, 0.15) is 37.8 Å². The number of nitrogens with two attached hydrogens (primary N) is 3. The van der Waals surface area contributed by atoms with E-state index in [-0.39, 0.29) is 44.7 Å². The van der Waals surface area contributed by atoms with Gasteiger partial charge in [-0.2, -0.15) is 0 Å². The van der Waals surface area contributed by atoms with Crippen molar-refractivity contribution in [2.24, 2.45) is 22.2 Å². The minimum absolute atomic E-state index is 0.0390. The van der Waals surface area contributed by atoms with E-state index < -0.39 is 60.2 Å². The average molecular weight is 524 g/mol. The highest BCUT2D eigenvalue weighted by Gasteiger charge is 2.38. The molecular weight excluding hydrogens is 490 g/mol. The van der Waals surface area contributed by atoms with Crippen molar-refractivity contribution in [3.63, 3.8) is 0 Å². The van der Waals surface area contributed by atoms with E-state index in [2.05, 4.69) is 25.6 Å². The number of aliphatic imine (C=N–C) groups is 1. The number of carbonyl (C=O) groups is 5. The normalized spacial score (nSPS) is 17.3. The number of nitrogens with zero attached hydrogens (tertiary/aromatic N) is 3. The number of hydrogen-bond donors (Lipinski definition) is 8. The van der Waals surface area contributed by atoms with Gasteiger partial charge in [0.2, 0.25) is 17.7 Å². The molecule has 3 amide bonds. The van der Waals surface area contributed by atoms with Crippen LogP contribution >= 0.6 is 0 Å². The first kappa shape index (κ1) is 29.0. The van der Waals surface area contributed by atoms with Gasteiger partial charge in [0, 0.05) is 31.4 Å². The smallest absolute Gasteiger partial charge is 0.326 e. The molecule has 11 N–H and O–H groups in total. The van der Waals surface area contributed by atoms with Crippen molar-refractivity contribution in [1.82, 2.24) is 25.5 Å². The van der Waals surface area contributed by atoms with Crippen LogP contribution in [-0.2, 0) is 30.4 Å². The second-order valence-electron chi connectivity index (χ2n) is 8.58. The summed E-state index contributed by atoms with van der Waals surface area (Å²) in [6.07, 6.45) is 3.19. The van der Waals surface area contributed by atoms with Crippen LogP contribution in [-0.4, -0.2) is 98.0 Å². The van der Waals surface area contributed by atoms with Gasteiger partial charge in [0.05, 0.1) is 18.8 Å². The molecule has 4 unspecified atom stereocenters. The summed E-state index contributed by atoms with van der Waals surface area (Å²) in [5.74, 6) is -5.05. The molecule has 0 bridgehead atoms. The molecule has 2 heterocycles. The van der Waals surface area contributed by atoms with Crippen molar-refractivity contribution in [3.8, 4) is 0 Å². The molecule has 16 heteroatoms. The van der Waals surface area contributed by atoms with Crippen LogP contribution < -0.4 is 27.8 Å². The number of guanidine groups is 1. The third-order valence-electron chi connectivity index (χ3n) is 5.72. The fraction of sp³-hybridized carbons (Fsp3) is 0.571. The summed E-state index contributed by atoms with van der Waals surface area (Å²) >= 11 is 0. The number of aliphatic carboxylic acids is 2. The summed E-state index contributed by atoms with van der Waals surface area (Å²) in [6.45, 7) is 0.329. The molecule has 0 aromatic carbocycles. The molecule has 204 valence electrons. The Hall–Kier alpha value is -4.21. The lowest BCUT2D eigenvalue weighted by molar-refractivity contribution is -0.149. The van der Waals surface area contributed by atoms with Crippen molar-refractivity contribution in [1.29, 1.82) is 0 Å². The number of nitrogens with one attached hydrogen (secondary N) is 3. The van der Waals surface area contributed by atoms with Crippen LogP contribution in [0, 0.1) is 0 Å². The van der Waals surface area contributed by atoms with Gasteiger partial charge in [-0.15, -0.1) is 0 Å². The lowest BCUT2D eigenvalue weighted by Crippen LogP contribution is -2.57. The number of rotatable bonds is 14. The molecular formula is C21H33N9O7. The number of H-pyrrole nitrogens is 1. The standard InChI is InChI=1S/C21H33N9O7/c22-12(7-11-9-25-10-27-11)17(33)29-14(8-16(31)32)18(34)28-13(3-1-5-26-21(23)24)19(35)30-6-2-4-15(30)20(36)37/h9-10,12-15H,1-8,22H2,(H,25,27)(H,28,34)(H,29,33)(H,31,32)(H,36,37)(H4,23,24,26). The molecule has 37 heavy (non-hydrogen) atoms. The predicted octanol–water partition coefficient (Wildman–Crippen LogP) is -3.15. The summed E-state index contributed by atoms with van der Waals surface area (Å²) in [5.41, 5.74) is 17.1. The van der Waals surface area contributed by atoms with E-state index in [0.29, 0.717) is 12.1 Å². The van der Waals surface area contributed by atoms with Gasteiger partial charge in [0.15, 0.2) is 5.96 Å². The monoisotopic (exact) mass is 523 g/mol. The van der Waals surface area contributed by atoms with E-state index in [4.69, 9.17) is 17.2 Å². The Kier molecular flexibility index (Phi) is 10.8. The first-order valence-corrected chi connectivity index (χ1v) is 11.6. The zero-order valence-electron chi connectivity index (χ0n) is 20.1. The third kappa shape index (κ3) is 9.06. The summed E-state index contributed by atoms with van der Waals surface area (Å²) in [5, 5.41) is 23.5. The summed E-state index contributed by atoms with van der Waals surface area (Å²) in [7, 11) is 0. The largest absolute Gasteiger partial charge is 0.481 e. The van der Waals surface area contributed by atoms with Crippen LogP contribution in [0.5, 0.6) is 0 Å². The molecule has 0 spiro atoms. The number of carboxylic acids is 2. The molecule has 1 aliphatic rings. The van der Waals surface area contributed by atoms with E-state index >= 15 is 0 Å². The number of likely N-dealkylation sites (tertiary alicyclic amines) is 1. The minimum atomic E-state index is -1.54. The van der Waals surface area contributed by atoms with Gasteiger partial charge >= 0.3 is 11.9 Å². The van der Waals surface area contributed by atoms with Crippen molar-refractivity contribution in [3.05, 3.63) is 18.2 Å². The van der Waals surface area contributed by atoms with E-state index in [1.165, 1.54) is 17.4 Å². The molecule has 1 aliphatic heterocycles. The summed E-state index contributed by atoms with van der Waals surface area (Å²) < 4.78 is 0. The molecule has 0 radical (unpaired) electrons. The van der Waals surface area contributed by atoms with Crippen molar-refractivity contribution >= 4 is 35.6 Å². The predicted molar refractivity (Wildman–Crippen MR) is 129 cm³/mol. The van der Waals surface area contributed by atoms with Crippen molar-refractivity contribution in [2.45, 2.75) is 62.7 Å². The van der Waals surface area contributed by atoms with Gasteiger partial charge < -0.3 is 47.9 Å². The second-order valence-corrected chi connectivity index (χ2v) is 8.58. The lowest BCUT2D eigenvalue weighted by atomic mass is 10.1. The van der Waals surface area contributed by atoms with Crippen LogP contribution in [0.2, 0.25) is 0 Å². The van der Waals surface area contributed by atoms with Gasteiger partial charge in [0.25, 0.3) is 0 Å². The van der Waals surface area contributed by atoms with Gasteiger partial charge in [-0.25, -0.2) is 9.78 Å². The molecule has 16 nitrogen and oxygen atoms in total. The highest BCUT2D eigenvalue weighted by Crippen LogP contribution is 2.20. The highest BCUT2D eigenvalue weighted by atomic mass is 16.4. The Morgan fingerprint density at radius 2 is 1.86 bits per heavy atom. The highest BCUT2D eigenvalue weighted by molar-refractivity contribution is 5.95. The van der Waals surface area contributed by atoms with Gasteiger partial charge in [-0.3, -0.25) is 24.2 Å². The van der Waals surface area contributed by atoms with E-state index in [1.807, 2.05) is 0 Å². The van der Waals surface area contributed by atoms with Crippen LogP contribution in [0.3, 0.4) is 0 Å². The lowest BCUT2D eigenvalue weighted by Gasteiger charge is -2.28. The topological polar surface area (TPSA) is 272 Å². The first-order valence-electron chi connectivity index (χ1n) is 11.6. The Morgan fingerprint density at radius 1 is 1.16 bits per heavy atom. The molecule has 4 atom stereocenters. The maximum atomic E-state index is 13.2. The SMILES string of the molecule is NC(N)=NCCCC(NC(=O)C(CC(=O)O)NC(=O)C(N)Cc1cnc[nH]1)C(=O)N1CCCC1C(=O)O. The average Bonchev–Trinajstić information content (AvgIpc) is 3.51. The number of imidazole rings is 1. The number of aromatic nitrogens is 2. The Bertz CT molecular complexity index is 995. The first-order chi connectivity index (χ1) is 17.5. The summed E-state index contributed by atoms with van der Waals surface area (Å²) in [4.78, 5) is 73.4. The van der Waals surface area contributed by atoms with Crippen molar-refractivity contribution < 1.29 is 34.2 Å². The van der Waals surface area contributed by atoms with E-state index in [0.717, 1.165) is 0 Å². The quantitative estimate of drug-likeness (QED) is 0.0685. The van der Waals surface area contributed by atoms with E-state index in [9.17, 15) is 34.2 Å². The maximum absolute atomic E-state index is 13.2. The van der Waals surface area contributed by atoms with Gasteiger partial charge in [-0.05, 0) is 25.7 Å². The molecule has 0 saturated carbocycles. The molecule has 1 aromatic rings. The third-order valence-corrected chi connectivity index (χ3v) is 5.72. The maximum Gasteiger partial charge on any atom is 0.326 e. The number of carboxylic acid groups (broad SMARTS) is 2. The minimum Gasteiger partial charge on any atom is -0.481 e.